The Bertz CT molecular complexity index is 583. The quantitative estimate of drug-likeness (QED) is 0.889. The minimum atomic E-state index is -0.205. The van der Waals surface area contributed by atoms with Crippen molar-refractivity contribution in [1.29, 1.82) is 0 Å². The van der Waals surface area contributed by atoms with Crippen molar-refractivity contribution in [2.24, 2.45) is 0 Å². The lowest BCUT2D eigenvalue weighted by atomic mass is 10.2. The van der Waals surface area contributed by atoms with Crippen molar-refractivity contribution in [2.75, 3.05) is 7.11 Å². The van der Waals surface area contributed by atoms with Crippen molar-refractivity contribution in [3.05, 3.63) is 45.9 Å². The van der Waals surface area contributed by atoms with E-state index in [9.17, 15) is 4.79 Å². The third kappa shape index (κ3) is 3.71. The van der Waals surface area contributed by atoms with E-state index in [2.05, 4.69) is 15.6 Å². The number of para-hydroxylation sites is 1. The first-order chi connectivity index (χ1) is 9.70. The van der Waals surface area contributed by atoms with Gasteiger partial charge in [0.2, 0.25) is 0 Å². The van der Waals surface area contributed by atoms with Gasteiger partial charge in [0.15, 0.2) is 0 Å². The molecule has 2 amide bonds. The lowest BCUT2D eigenvalue weighted by molar-refractivity contribution is 0.240. The number of methoxy groups -OCH3 is 1. The van der Waals surface area contributed by atoms with Gasteiger partial charge in [0.25, 0.3) is 0 Å². The van der Waals surface area contributed by atoms with Crippen LogP contribution in [0.25, 0.3) is 0 Å². The largest absolute Gasteiger partial charge is 0.496 e. The Balaban J connectivity index is 1.82. The summed E-state index contributed by atoms with van der Waals surface area (Å²) in [4.78, 5) is 17.0. The molecule has 2 N–H and O–H groups in total. The number of hydrogen-bond acceptors (Lipinski definition) is 4. The first kappa shape index (κ1) is 14.3. The predicted octanol–water partition coefficient (Wildman–Crippen LogP) is 2.46. The van der Waals surface area contributed by atoms with Crippen LogP contribution in [0.15, 0.2) is 29.8 Å². The summed E-state index contributed by atoms with van der Waals surface area (Å²) < 4.78 is 5.23. The topological polar surface area (TPSA) is 63.2 Å². The molecule has 0 aliphatic rings. The predicted molar refractivity (Wildman–Crippen MR) is 78.9 cm³/mol. The highest BCUT2D eigenvalue weighted by Crippen LogP contribution is 2.16. The molecule has 0 radical (unpaired) electrons. The molecule has 1 aromatic carbocycles. The third-order valence-corrected chi connectivity index (χ3v) is 3.82. The standard InChI is InChI=1S/C14H17N3O2S/c1-10-13(20-9-17-10)8-16-14(18)15-7-11-5-3-4-6-12(11)19-2/h3-6,9H,7-8H2,1-2H3,(H2,15,16,18). The zero-order chi connectivity index (χ0) is 14.4. The number of carbonyl (C=O) groups excluding carboxylic acids is 1. The zero-order valence-electron chi connectivity index (χ0n) is 11.5. The van der Waals surface area contributed by atoms with E-state index in [-0.39, 0.29) is 6.03 Å². The lowest BCUT2D eigenvalue weighted by Gasteiger charge is -2.10. The number of ether oxygens (including phenoxy) is 1. The summed E-state index contributed by atoms with van der Waals surface area (Å²) in [5.74, 6) is 0.770. The number of aromatic nitrogens is 1. The third-order valence-electron chi connectivity index (χ3n) is 2.89. The maximum absolute atomic E-state index is 11.7. The SMILES string of the molecule is COc1ccccc1CNC(=O)NCc1scnc1C. The maximum atomic E-state index is 11.7. The number of amides is 2. The van der Waals surface area contributed by atoms with Crippen LogP contribution < -0.4 is 15.4 Å². The molecule has 106 valence electrons. The molecule has 0 bridgehead atoms. The molecule has 20 heavy (non-hydrogen) atoms. The lowest BCUT2D eigenvalue weighted by Crippen LogP contribution is -2.34. The minimum Gasteiger partial charge on any atom is -0.496 e. The first-order valence-corrected chi connectivity index (χ1v) is 7.11. The van der Waals surface area contributed by atoms with Gasteiger partial charge < -0.3 is 15.4 Å². The second-order valence-electron chi connectivity index (χ2n) is 4.21. The van der Waals surface area contributed by atoms with E-state index >= 15 is 0 Å². The van der Waals surface area contributed by atoms with Gasteiger partial charge in [-0.3, -0.25) is 0 Å². The van der Waals surface area contributed by atoms with Crippen molar-refractivity contribution < 1.29 is 9.53 Å². The van der Waals surface area contributed by atoms with E-state index < -0.39 is 0 Å². The monoisotopic (exact) mass is 291 g/mol. The number of hydrogen-bond donors (Lipinski definition) is 2. The molecule has 0 aliphatic carbocycles. The Morgan fingerprint density at radius 3 is 2.75 bits per heavy atom. The Labute approximate surface area is 122 Å². The van der Waals surface area contributed by atoms with Crippen LogP contribution in [0, 0.1) is 6.92 Å². The summed E-state index contributed by atoms with van der Waals surface area (Å²) in [6.45, 7) is 2.85. The van der Waals surface area contributed by atoms with Gasteiger partial charge in [-0.15, -0.1) is 11.3 Å². The van der Waals surface area contributed by atoms with E-state index in [0.717, 1.165) is 21.9 Å². The smallest absolute Gasteiger partial charge is 0.315 e. The molecule has 0 atom stereocenters. The number of nitrogens with one attached hydrogen (secondary N) is 2. The van der Waals surface area contributed by atoms with Crippen molar-refractivity contribution >= 4 is 17.4 Å². The van der Waals surface area contributed by atoms with Crippen LogP contribution in [-0.4, -0.2) is 18.1 Å². The molecule has 1 aromatic heterocycles. The van der Waals surface area contributed by atoms with Gasteiger partial charge in [0, 0.05) is 17.0 Å². The van der Waals surface area contributed by atoms with Crippen LogP contribution in [0.3, 0.4) is 0 Å². The Hall–Kier alpha value is -2.08. The number of nitrogens with zero attached hydrogens (tertiary/aromatic N) is 1. The molecule has 6 heteroatoms. The molecule has 0 aliphatic heterocycles. The molecular formula is C14H17N3O2S. The van der Waals surface area contributed by atoms with Crippen LogP contribution >= 0.6 is 11.3 Å². The number of benzene rings is 1. The van der Waals surface area contributed by atoms with Gasteiger partial charge in [-0.05, 0) is 13.0 Å². The van der Waals surface area contributed by atoms with Gasteiger partial charge in [-0.1, -0.05) is 18.2 Å². The Morgan fingerprint density at radius 2 is 2.05 bits per heavy atom. The molecule has 0 saturated carbocycles. The van der Waals surface area contributed by atoms with Gasteiger partial charge in [0.05, 0.1) is 24.9 Å². The van der Waals surface area contributed by atoms with E-state index in [1.54, 1.807) is 12.6 Å². The maximum Gasteiger partial charge on any atom is 0.315 e. The summed E-state index contributed by atoms with van der Waals surface area (Å²) >= 11 is 1.54. The van der Waals surface area contributed by atoms with Crippen LogP contribution in [0.5, 0.6) is 5.75 Å². The summed E-state index contributed by atoms with van der Waals surface area (Å²) in [5.41, 5.74) is 3.68. The molecule has 0 spiro atoms. The first-order valence-electron chi connectivity index (χ1n) is 6.23. The molecule has 0 saturated heterocycles. The summed E-state index contributed by atoms with van der Waals surface area (Å²) in [5, 5.41) is 5.62. The fourth-order valence-electron chi connectivity index (χ4n) is 1.74. The fraction of sp³-hybridized carbons (Fsp3) is 0.286. The van der Waals surface area contributed by atoms with Crippen LogP contribution in [0.2, 0.25) is 0 Å². The minimum absolute atomic E-state index is 0.205. The number of carbonyl (C=O) groups is 1. The highest BCUT2D eigenvalue weighted by molar-refractivity contribution is 7.09. The van der Waals surface area contributed by atoms with Crippen molar-refractivity contribution in [1.82, 2.24) is 15.6 Å². The fourth-order valence-corrected chi connectivity index (χ4v) is 2.46. The molecule has 5 nitrogen and oxygen atoms in total. The van der Waals surface area contributed by atoms with Crippen LogP contribution in [-0.2, 0) is 13.1 Å². The molecule has 0 fully saturated rings. The Morgan fingerprint density at radius 1 is 1.30 bits per heavy atom. The van der Waals surface area contributed by atoms with Gasteiger partial charge in [-0.25, -0.2) is 9.78 Å². The van der Waals surface area contributed by atoms with Crippen molar-refractivity contribution in [3.8, 4) is 5.75 Å². The van der Waals surface area contributed by atoms with Crippen LogP contribution in [0.4, 0.5) is 4.79 Å². The molecule has 2 rings (SSSR count). The molecule has 0 unspecified atom stereocenters. The summed E-state index contributed by atoms with van der Waals surface area (Å²) in [6, 6.07) is 7.40. The average Bonchev–Trinajstić information content (AvgIpc) is 2.88. The van der Waals surface area contributed by atoms with Crippen molar-refractivity contribution in [3.63, 3.8) is 0 Å². The molecule has 2 aromatic rings. The van der Waals surface area contributed by atoms with E-state index in [1.165, 1.54) is 11.3 Å². The van der Waals surface area contributed by atoms with Crippen LogP contribution in [0.1, 0.15) is 16.1 Å². The van der Waals surface area contributed by atoms with E-state index in [0.29, 0.717) is 13.1 Å². The number of urea groups is 1. The second-order valence-corrected chi connectivity index (χ2v) is 5.15. The van der Waals surface area contributed by atoms with Gasteiger partial charge in [-0.2, -0.15) is 0 Å². The highest BCUT2D eigenvalue weighted by Gasteiger charge is 2.06. The van der Waals surface area contributed by atoms with E-state index in [1.807, 2.05) is 31.2 Å². The number of thiazole rings is 1. The number of aryl methyl sites for hydroxylation is 1. The summed E-state index contributed by atoms with van der Waals surface area (Å²) in [7, 11) is 1.62. The van der Waals surface area contributed by atoms with Gasteiger partial charge in [0.1, 0.15) is 5.75 Å². The second kappa shape index (κ2) is 6.91. The molecular weight excluding hydrogens is 274 g/mol. The average molecular weight is 291 g/mol. The Kier molecular flexibility index (Phi) is 4.95. The van der Waals surface area contributed by atoms with E-state index in [4.69, 9.17) is 4.74 Å². The van der Waals surface area contributed by atoms with Gasteiger partial charge >= 0.3 is 6.03 Å². The van der Waals surface area contributed by atoms with Crippen molar-refractivity contribution in [2.45, 2.75) is 20.0 Å². The molecule has 1 heterocycles. The number of rotatable bonds is 5. The normalized spacial score (nSPS) is 10.1. The summed E-state index contributed by atoms with van der Waals surface area (Å²) in [6.07, 6.45) is 0. The zero-order valence-corrected chi connectivity index (χ0v) is 12.3. The highest BCUT2D eigenvalue weighted by atomic mass is 32.1.